The molecule has 0 fully saturated rings. The number of methoxy groups -OCH3 is 3. The van der Waals surface area contributed by atoms with Gasteiger partial charge in [0.1, 0.15) is 11.0 Å². The van der Waals surface area contributed by atoms with Crippen LogP contribution in [0.25, 0.3) is 16.6 Å². The SMILES string of the molecule is COc1cc(C(=O)/C(Cc2ccccc2)=C(/C(=O)[O-])c2ccc3nsnc3c2)cc(OC)c1OC.[Na+]. The van der Waals surface area contributed by atoms with Gasteiger partial charge in [0.25, 0.3) is 0 Å². The van der Waals surface area contributed by atoms with Crippen LogP contribution in [0, 0.1) is 0 Å². The molecule has 10 heteroatoms. The molecule has 1 heterocycles. The van der Waals surface area contributed by atoms with E-state index in [1.54, 1.807) is 18.2 Å². The Morgan fingerprint density at radius 2 is 1.47 bits per heavy atom. The molecular weight excluding hydrogens is 491 g/mol. The summed E-state index contributed by atoms with van der Waals surface area (Å²) in [6.07, 6.45) is 0.0625. The van der Waals surface area contributed by atoms with E-state index in [1.165, 1.54) is 33.5 Å². The average molecular weight is 513 g/mol. The molecule has 0 unspecified atom stereocenters. The van der Waals surface area contributed by atoms with Crippen molar-refractivity contribution in [3.8, 4) is 17.2 Å². The van der Waals surface area contributed by atoms with E-state index < -0.39 is 11.8 Å². The Bertz CT molecular complexity index is 1410. The topological polar surface area (TPSA) is 111 Å². The molecule has 0 aliphatic rings. The van der Waals surface area contributed by atoms with Crippen molar-refractivity contribution in [2.75, 3.05) is 21.3 Å². The maximum atomic E-state index is 13.9. The van der Waals surface area contributed by atoms with Crippen LogP contribution in [0.4, 0.5) is 0 Å². The number of ether oxygens (including phenoxy) is 3. The molecule has 0 saturated heterocycles. The van der Waals surface area contributed by atoms with Crippen molar-refractivity contribution in [1.29, 1.82) is 0 Å². The van der Waals surface area contributed by atoms with E-state index in [1.807, 2.05) is 30.3 Å². The van der Waals surface area contributed by atoms with Gasteiger partial charge in [-0.25, -0.2) is 0 Å². The maximum absolute atomic E-state index is 13.9. The van der Waals surface area contributed by atoms with E-state index in [-0.39, 0.29) is 64.2 Å². The predicted molar refractivity (Wildman–Crippen MR) is 130 cm³/mol. The molecule has 0 aliphatic heterocycles. The molecule has 178 valence electrons. The van der Waals surface area contributed by atoms with E-state index in [0.29, 0.717) is 22.3 Å². The van der Waals surface area contributed by atoms with Crippen molar-refractivity contribution in [3.05, 3.63) is 82.9 Å². The normalized spacial score (nSPS) is 11.3. The number of fused-ring (bicyclic) bond motifs is 1. The number of carbonyl (C=O) groups is 2. The minimum Gasteiger partial charge on any atom is -0.545 e. The number of hydrogen-bond donors (Lipinski definition) is 0. The van der Waals surface area contributed by atoms with Gasteiger partial charge >= 0.3 is 29.6 Å². The smallest absolute Gasteiger partial charge is 0.545 e. The van der Waals surface area contributed by atoms with Crippen molar-refractivity contribution in [2.24, 2.45) is 0 Å². The van der Waals surface area contributed by atoms with E-state index in [9.17, 15) is 14.7 Å². The summed E-state index contributed by atoms with van der Waals surface area (Å²) in [5.74, 6) is -1.11. The van der Waals surface area contributed by atoms with Gasteiger partial charge in [-0.15, -0.1) is 0 Å². The van der Waals surface area contributed by atoms with E-state index in [0.717, 1.165) is 17.3 Å². The number of carbonyl (C=O) groups excluding carboxylic acids is 2. The molecule has 0 saturated carbocycles. The molecule has 4 rings (SSSR count). The van der Waals surface area contributed by atoms with Crippen LogP contribution < -0.4 is 48.9 Å². The Labute approximate surface area is 234 Å². The zero-order valence-electron chi connectivity index (χ0n) is 20.2. The number of ketones is 1. The second kappa shape index (κ2) is 12.1. The van der Waals surface area contributed by atoms with Gasteiger partial charge in [0.05, 0.1) is 39.0 Å². The van der Waals surface area contributed by atoms with Crippen molar-refractivity contribution >= 4 is 40.1 Å². The van der Waals surface area contributed by atoms with Crippen molar-refractivity contribution in [2.45, 2.75) is 6.42 Å². The van der Waals surface area contributed by atoms with Gasteiger partial charge in [-0.05, 0) is 35.4 Å². The van der Waals surface area contributed by atoms with Crippen molar-refractivity contribution in [1.82, 2.24) is 8.75 Å². The summed E-state index contributed by atoms with van der Waals surface area (Å²) in [5, 5.41) is 12.5. The number of allylic oxidation sites excluding steroid dienone is 1. The van der Waals surface area contributed by atoms with Crippen LogP contribution >= 0.6 is 11.7 Å². The van der Waals surface area contributed by atoms with Gasteiger partial charge in [-0.2, -0.15) is 8.75 Å². The van der Waals surface area contributed by atoms with E-state index >= 15 is 0 Å². The fourth-order valence-electron chi connectivity index (χ4n) is 3.82. The van der Waals surface area contributed by atoms with Gasteiger partial charge in [0.2, 0.25) is 5.75 Å². The number of aromatic nitrogens is 2. The fourth-order valence-corrected chi connectivity index (χ4v) is 4.34. The Morgan fingerprint density at radius 1 is 0.833 bits per heavy atom. The van der Waals surface area contributed by atoms with E-state index in [2.05, 4.69) is 8.75 Å². The first-order valence-corrected chi connectivity index (χ1v) is 11.3. The number of Topliss-reactive ketones (excluding diaryl/α,β-unsaturated/α-hetero) is 1. The Hall–Kier alpha value is -3.24. The fraction of sp³-hybridized carbons (Fsp3) is 0.154. The first-order valence-electron chi connectivity index (χ1n) is 10.5. The maximum Gasteiger partial charge on any atom is 1.00 e. The van der Waals surface area contributed by atoms with Gasteiger partial charge in [0.15, 0.2) is 17.3 Å². The molecule has 3 aromatic carbocycles. The molecule has 36 heavy (non-hydrogen) atoms. The summed E-state index contributed by atoms with van der Waals surface area (Å²) in [6.45, 7) is 0. The summed E-state index contributed by atoms with van der Waals surface area (Å²) in [7, 11) is 4.34. The Morgan fingerprint density at radius 3 is 2.06 bits per heavy atom. The molecule has 4 aromatic rings. The average Bonchev–Trinajstić information content (AvgIpc) is 3.35. The first-order chi connectivity index (χ1) is 17.0. The molecule has 8 nitrogen and oxygen atoms in total. The van der Waals surface area contributed by atoms with E-state index in [4.69, 9.17) is 14.2 Å². The van der Waals surface area contributed by atoms with Crippen LogP contribution in [0.5, 0.6) is 17.2 Å². The number of carboxylic acids is 1. The zero-order valence-corrected chi connectivity index (χ0v) is 23.0. The van der Waals surface area contributed by atoms with Crippen LogP contribution in [-0.2, 0) is 11.2 Å². The number of aliphatic carboxylic acids is 1. The van der Waals surface area contributed by atoms with Gasteiger partial charge in [0, 0.05) is 23.1 Å². The second-order valence-corrected chi connectivity index (χ2v) is 8.04. The number of nitrogens with zero attached hydrogens (tertiary/aromatic N) is 2. The van der Waals surface area contributed by atoms with Crippen LogP contribution in [0.15, 0.2) is 66.2 Å². The second-order valence-electron chi connectivity index (χ2n) is 7.51. The van der Waals surface area contributed by atoms with Gasteiger partial charge < -0.3 is 24.1 Å². The zero-order chi connectivity index (χ0) is 24.9. The predicted octanol–water partition coefficient (Wildman–Crippen LogP) is 0.350. The first kappa shape index (κ1) is 27.3. The molecule has 0 radical (unpaired) electrons. The summed E-state index contributed by atoms with van der Waals surface area (Å²) in [5.41, 5.74) is 2.24. The largest absolute Gasteiger partial charge is 1.00 e. The number of benzene rings is 3. The molecule has 0 amide bonds. The van der Waals surface area contributed by atoms with Gasteiger partial charge in [-0.3, -0.25) is 4.79 Å². The molecule has 0 N–H and O–H groups in total. The summed E-state index contributed by atoms with van der Waals surface area (Å²) >= 11 is 1.02. The van der Waals surface area contributed by atoms with Crippen LogP contribution in [0.2, 0.25) is 0 Å². The molecule has 0 spiro atoms. The molecule has 1 aromatic heterocycles. The molecule has 0 atom stereocenters. The number of rotatable bonds is 9. The number of carboxylic acid groups (broad SMARTS) is 1. The van der Waals surface area contributed by atoms with Crippen LogP contribution in [-0.4, -0.2) is 41.8 Å². The summed E-state index contributed by atoms with van der Waals surface area (Å²) in [4.78, 5) is 26.4. The Kier molecular flexibility index (Phi) is 9.22. The Balaban J connectivity index is 0.00000361. The van der Waals surface area contributed by atoms with Crippen molar-refractivity contribution < 1.29 is 58.5 Å². The molecular formula is C26H21N2NaO6S. The third-order valence-electron chi connectivity index (χ3n) is 5.47. The minimum absolute atomic E-state index is 0. The summed E-state index contributed by atoms with van der Waals surface area (Å²) < 4.78 is 24.5. The molecule has 0 aliphatic carbocycles. The summed E-state index contributed by atoms with van der Waals surface area (Å²) in [6, 6.07) is 17.0. The van der Waals surface area contributed by atoms with Crippen LogP contribution in [0.1, 0.15) is 21.5 Å². The minimum atomic E-state index is -1.47. The monoisotopic (exact) mass is 512 g/mol. The quantitative estimate of drug-likeness (QED) is 0.180. The standard InChI is InChI=1S/C26H22N2O6S.Na/c1-32-21-13-17(14-22(33-2)25(21)34-3)24(29)18(11-15-7-5-4-6-8-15)23(26(30)31)16-9-10-19-20(12-16)28-35-27-19;/h4-10,12-14H,11H2,1-3H3,(H,30,31);/q;+1/p-1/b23-18+;. The van der Waals surface area contributed by atoms with Crippen molar-refractivity contribution in [3.63, 3.8) is 0 Å². The van der Waals surface area contributed by atoms with Crippen LogP contribution in [0.3, 0.4) is 0 Å². The van der Waals surface area contributed by atoms with Gasteiger partial charge in [-0.1, -0.05) is 36.4 Å². The number of hydrogen-bond acceptors (Lipinski definition) is 9. The third-order valence-corrected chi connectivity index (χ3v) is 6.03. The third kappa shape index (κ3) is 5.60. The molecule has 0 bridgehead atoms.